The number of halogens is 1. The average molecular weight is 329 g/mol. The van der Waals surface area contributed by atoms with Crippen LogP contribution in [0.5, 0.6) is 5.75 Å². The number of carbonyl (C=O) groups is 1. The number of hydrogen-bond acceptors (Lipinski definition) is 2. The molecule has 0 saturated heterocycles. The maximum absolute atomic E-state index is 12.9. The highest BCUT2D eigenvalue weighted by atomic mass is 19.1. The van der Waals surface area contributed by atoms with Crippen molar-refractivity contribution in [3.05, 3.63) is 65.0 Å². The monoisotopic (exact) mass is 329 g/mol. The van der Waals surface area contributed by atoms with Crippen LogP contribution in [0.25, 0.3) is 0 Å². The number of carbonyl (C=O) groups excluding carboxylic acids is 1. The molecule has 0 heterocycles. The third kappa shape index (κ3) is 5.08. The molecule has 24 heavy (non-hydrogen) atoms. The lowest BCUT2D eigenvalue weighted by molar-refractivity contribution is -0.128. The Bertz CT molecular complexity index is 683. The van der Waals surface area contributed by atoms with Gasteiger partial charge in [-0.25, -0.2) is 4.39 Å². The third-order valence-electron chi connectivity index (χ3n) is 4.05. The van der Waals surface area contributed by atoms with Gasteiger partial charge < -0.3 is 10.1 Å². The Hall–Kier alpha value is -2.36. The van der Waals surface area contributed by atoms with Gasteiger partial charge in [0.15, 0.2) is 6.10 Å². The summed E-state index contributed by atoms with van der Waals surface area (Å²) in [5.74, 6) is 0.326. The van der Waals surface area contributed by atoms with Crippen LogP contribution in [0, 0.1) is 19.7 Å². The molecule has 128 valence electrons. The van der Waals surface area contributed by atoms with Gasteiger partial charge in [0.2, 0.25) is 0 Å². The number of nitrogens with one attached hydrogen (secondary N) is 1. The van der Waals surface area contributed by atoms with Crippen LogP contribution < -0.4 is 10.1 Å². The van der Waals surface area contributed by atoms with E-state index >= 15 is 0 Å². The Kier molecular flexibility index (Phi) is 6.36. The zero-order chi connectivity index (χ0) is 17.5. The Morgan fingerprint density at radius 2 is 1.83 bits per heavy atom. The summed E-state index contributed by atoms with van der Waals surface area (Å²) in [7, 11) is 0. The SMILES string of the molecule is CC[C@@H](Oc1ccc(C)c(C)c1)C(=O)NCCc1ccc(F)cc1. The largest absolute Gasteiger partial charge is 0.481 e. The highest BCUT2D eigenvalue weighted by molar-refractivity contribution is 5.81. The first-order chi connectivity index (χ1) is 11.5. The lowest BCUT2D eigenvalue weighted by Crippen LogP contribution is -2.38. The van der Waals surface area contributed by atoms with Gasteiger partial charge in [0.05, 0.1) is 0 Å². The predicted octanol–water partition coefficient (Wildman–Crippen LogP) is 3.96. The molecule has 3 nitrogen and oxygen atoms in total. The first-order valence-corrected chi connectivity index (χ1v) is 8.25. The summed E-state index contributed by atoms with van der Waals surface area (Å²) in [6.07, 6.45) is 0.738. The topological polar surface area (TPSA) is 38.3 Å². The molecule has 0 aliphatic carbocycles. The molecule has 1 N–H and O–H groups in total. The van der Waals surface area contributed by atoms with Crippen LogP contribution in [0.2, 0.25) is 0 Å². The van der Waals surface area contributed by atoms with E-state index in [1.165, 1.54) is 17.7 Å². The van der Waals surface area contributed by atoms with Crippen molar-refractivity contribution in [2.75, 3.05) is 6.54 Å². The van der Waals surface area contributed by atoms with Crippen molar-refractivity contribution in [1.82, 2.24) is 5.32 Å². The molecule has 2 rings (SSSR count). The maximum Gasteiger partial charge on any atom is 0.261 e. The lowest BCUT2D eigenvalue weighted by Gasteiger charge is -2.18. The molecular formula is C20H24FNO2. The minimum atomic E-state index is -0.514. The summed E-state index contributed by atoms with van der Waals surface area (Å²) in [6.45, 7) is 6.48. The molecule has 1 atom stereocenters. The average Bonchev–Trinajstić information content (AvgIpc) is 2.57. The molecule has 0 aliphatic rings. The van der Waals surface area contributed by atoms with Gasteiger partial charge in [0, 0.05) is 6.54 Å². The summed E-state index contributed by atoms with van der Waals surface area (Å²) in [6, 6.07) is 12.1. The van der Waals surface area contributed by atoms with Crippen molar-refractivity contribution >= 4 is 5.91 Å². The molecule has 0 unspecified atom stereocenters. The summed E-state index contributed by atoms with van der Waals surface area (Å²) < 4.78 is 18.7. The summed E-state index contributed by atoms with van der Waals surface area (Å²) in [5, 5.41) is 2.89. The Morgan fingerprint density at radius 3 is 2.46 bits per heavy atom. The molecular weight excluding hydrogens is 305 g/mol. The molecule has 0 bridgehead atoms. The Labute approximate surface area is 142 Å². The molecule has 4 heteroatoms. The fourth-order valence-electron chi connectivity index (χ4n) is 2.37. The van der Waals surface area contributed by atoms with Crippen molar-refractivity contribution in [2.24, 2.45) is 0 Å². The second kappa shape index (κ2) is 8.48. The number of amides is 1. The van der Waals surface area contributed by atoms with Gasteiger partial charge in [0.1, 0.15) is 11.6 Å². The first-order valence-electron chi connectivity index (χ1n) is 8.25. The molecule has 2 aromatic carbocycles. The van der Waals surface area contributed by atoms with E-state index in [4.69, 9.17) is 4.74 Å². The van der Waals surface area contributed by atoms with Gasteiger partial charge in [-0.1, -0.05) is 25.1 Å². The van der Waals surface area contributed by atoms with Gasteiger partial charge in [0.25, 0.3) is 5.91 Å². The first kappa shape index (κ1) is 18.0. The quantitative estimate of drug-likeness (QED) is 0.835. The van der Waals surface area contributed by atoms with E-state index in [0.717, 1.165) is 11.1 Å². The van der Waals surface area contributed by atoms with E-state index in [1.54, 1.807) is 12.1 Å². The standard InChI is InChI=1S/C20H24FNO2/c1-4-19(24-18-10-5-14(2)15(3)13-18)20(23)22-12-11-16-6-8-17(21)9-7-16/h5-10,13,19H,4,11-12H2,1-3H3,(H,22,23)/t19-/m1/s1. The molecule has 2 aromatic rings. The van der Waals surface area contributed by atoms with Gasteiger partial charge in [-0.15, -0.1) is 0 Å². The van der Waals surface area contributed by atoms with Crippen LogP contribution in [0.4, 0.5) is 4.39 Å². The molecule has 0 saturated carbocycles. The maximum atomic E-state index is 12.9. The zero-order valence-electron chi connectivity index (χ0n) is 14.4. The van der Waals surface area contributed by atoms with Crippen molar-refractivity contribution in [3.8, 4) is 5.75 Å². The van der Waals surface area contributed by atoms with Gasteiger partial charge in [-0.05, 0) is 67.6 Å². The number of aryl methyl sites for hydroxylation is 2. The van der Waals surface area contributed by atoms with E-state index in [0.29, 0.717) is 25.1 Å². The lowest BCUT2D eigenvalue weighted by atomic mass is 10.1. The van der Waals surface area contributed by atoms with Crippen molar-refractivity contribution < 1.29 is 13.9 Å². The van der Waals surface area contributed by atoms with Crippen LogP contribution in [0.15, 0.2) is 42.5 Å². The molecule has 0 aromatic heterocycles. The smallest absolute Gasteiger partial charge is 0.261 e. The van der Waals surface area contributed by atoms with Crippen LogP contribution in [-0.2, 0) is 11.2 Å². The second-order valence-corrected chi connectivity index (χ2v) is 5.93. The van der Waals surface area contributed by atoms with E-state index in [1.807, 2.05) is 39.0 Å². The van der Waals surface area contributed by atoms with E-state index in [2.05, 4.69) is 5.32 Å². The molecule has 0 radical (unpaired) electrons. The van der Waals surface area contributed by atoms with E-state index in [9.17, 15) is 9.18 Å². The Morgan fingerprint density at radius 1 is 1.12 bits per heavy atom. The summed E-state index contributed by atoms with van der Waals surface area (Å²) in [5.41, 5.74) is 3.32. The number of benzene rings is 2. The second-order valence-electron chi connectivity index (χ2n) is 5.93. The summed E-state index contributed by atoms with van der Waals surface area (Å²) >= 11 is 0. The van der Waals surface area contributed by atoms with Crippen molar-refractivity contribution in [3.63, 3.8) is 0 Å². The van der Waals surface area contributed by atoms with Crippen LogP contribution in [0.1, 0.15) is 30.0 Å². The van der Waals surface area contributed by atoms with Crippen LogP contribution in [0.3, 0.4) is 0 Å². The molecule has 0 aliphatic heterocycles. The minimum Gasteiger partial charge on any atom is -0.481 e. The fourth-order valence-corrected chi connectivity index (χ4v) is 2.37. The van der Waals surface area contributed by atoms with Gasteiger partial charge >= 0.3 is 0 Å². The number of hydrogen-bond donors (Lipinski definition) is 1. The number of ether oxygens (including phenoxy) is 1. The molecule has 0 spiro atoms. The highest BCUT2D eigenvalue weighted by Crippen LogP contribution is 2.18. The third-order valence-corrected chi connectivity index (χ3v) is 4.05. The number of rotatable bonds is 7. The van der Waals surface area contributed by atoms with E-state index < -0.39 is 6.10 Å². The van der Waals surface area contributed by atoms with Gasteiger partial charge in [-0.2, -0.15) is 0 Å². The highest BCUT2D eigenvalue weighted by Gasteiger charge is 2.18. The molecule has 0 fully saturated rings. The van der Waals surface area contributed by atoms with Crippen LogP contribution >= 0.6 is 0 Å². The summed E-state index contributed by atoms with van der Waals surface area (Å²) in [4.78, 5) is 12.3. The normalized spacial score (nSPS) is 11.8. The Balaban J connectivity index is 1.86. The van der Waals surface area contributed by atoms with Crippen molar-refractivity contribution in [1.29, 1.82) is 0 Å². The zero-order valence-corrected chi connectivity index (χ0v) is 14.4. The predicted molar refractivity (Wildman–Crippen MR) is 93.7 cm³/mol. The van der Waals surface area contributed by atoms with E-state index in [-0.39, 0.29) is 11.7 Å². The van der Waals surface area contributed by atoms with Crippen molar-refractivity contribution in [2.45, 2.75) is 39.7 Å². The minimum absolute atomic E-state index is 0.127. The molecule has 1 amide bonds. The van der Waals surface area contributed by atoms with Crippen LogP contribution in [-0.4, -0.2) is 18.6 Å². The van der Waals surface area contributed by atoms with Gasteiger partial charge in [-0.3, -0.25) is 4.79 Å². The fraction of sp³-hybridized carbons (Fsp3) is 0.350.